The van der Waals surface area contributed by atoms with E-state index in [4.69, 9.17) is 5.14 Å². The first-order chi connectivity index (χ1) is 7.97. The van der Waals surface area contributed by atoms with Crippen molar-refractivity contribution in [2.45, 2.75) is 24.3 Å². The molecule has 1 aromatic rings. The molecular formula is C11H17N3O2S. The number of benzene rings is 1. The van der Waals surface area contributed by atoms with Gasteiger partial charge in [0.1, 0.15) is 0 Å². The summed E-state index contributed by atoms with van der Waals surface area (Å²) in [5.74, 6) is 0. The normalized spacial score (nSPS) is 20.5. The van der Waals surface area contributed by atoms with Crippen LogP contribution in [0.15, 0.2) is 23.1 Å². The molecule has 2 rings (SSSR count). The number of rotatable bonds is 3. The van der Waals surface area contributed by atoms with Gasteiger partial charge in [-0.2, -0.15) is 0 Å². The summed E-state index contributed by atoms with van der Waals surface area (Å²) < 4.78 is 22.8. The maximum atomic E-state index is 11.4. The lowest BCUT2D eigenvalue weighted by Gasteiger charge is -2.14. The molecule has 6 heteroatoms. The summed E-state index contributed by atoms with van der Waals surface area (Å²) in [6.07, 6.45) is 1.04. The molecule has 5 nitrogen and oxygen atoms in total. The van der Waals surface area contributed by atoms with E-state index in [1.807, 2.05) is 6.07 Å². The summed E-state index contributed by atoms with van der Waals surface area (Å²) in [6.45, 7) is 3.63. The number of primary sulfonamides is 1. The lowest BCUT2D eigenvalue weighted by Crippen LogP contribution is -2.22. The maximum Gasteiger partial charge on any atom is 0.238 e. The topological polar surface area (TPSA) is 84.2 Å². The van der Waals surface area contributed by atoms with Crippen LogP contribution in [0.5, 0.6) is 0 Å². The van der Waals surface area contributed by atoms with Gasteiger partial charge in [0.05, 0.1) is 4.90 Å². The third kappa shape index (κ3) is 2.96. The second kappa shape index (κ2) is 4.64. The fourth-order valence-electron chi connectivity index (χ4n) is 2.01. The van der Waals surface area contributed by atoms with Crippen molar-refractivity contribution in [1.29, 1.82) is 0 Å². The zero-order valence-electron chi connectivity index (χ0n) is 9.73. The SMILES string of the molecule is Cc1ccc(NC2CCNC2)cc1S(N)(=O)=O. The highest BCUT2D eigenvalue weighted by atomic mass is 32.2. The van der Waals surface area contributed by atoms with E-state index < -0.39 is 10.0 Å². The first-order valence-electron chi connectivity index (χ1n) is 5.57. The Labute approximate surface area is 101 Å². The van der Waals surface area contributed by atoms with Gasteiger partial charge in [-0.1, -0.05) is 6.07 Å². The molecule has 4 N–H and O–H groups in total. The van der Waals surface area contributed by atoms with E-state index in [0.717, 1.165) is 25.2 Å². The Morgan fingerprint density at radius 2 is 2.24 bits per heavy atom. The highest BCUT2D eigenvalue weighted by molar-refractivity contribution is 7.89. The minimum atomic E-state index is -3.65. The van der Waals surface area contributed by atoms with Crippen molar-refractivity contribution in [3.05, 3.63) is 23.8 Å². The fraction of sp³-hybridized carbons (Fsp3) is 0.455. The molecule has 0 aliphatic carbocycles. The molecular weight excluding hydrogens is 238 g/mol. The van der Waals surface area contributed by atoms with E-state index in [9.17, 15) is 8.42 Å². The number of sulfonamides is 1. The van der Waals surface area contributed by atoms with E-state index in [1.54, 1.807) is 19.1 Å². The van der Waals surface area contributed by atoms with Gasteiger partial charge in [-0.05, 0) is 37.6 Å². The first-order valence-corrected chi connectivity index (χ1v) is 7.12. The van der Waals surface area contributed by atoms with Gasteiger partial charge in [0.15, 0.2) is 0 Å². The highest BCUT2D eigenvalue weighted by Crippen LogP contribution is 2.20. The van der Waals surface area contributed by atoms with Crippen LogP contribution in [0.3, 0.4) is 0 Å². The van der Waals surface area contributed by atoms with Crippen molar-refractivity contribution in [2.24, 2.45) is 5.14 Å². The van der Waals surface area contributed by atoms with Gasteiger partial charge < -0.3 is 10.6 Å². The molecule has 1 aliphatic heterocycles. The van der Waals surface area contributed by atoms with Crippen LogP contribution >= 0.6 is 0 Å². The number of aryl methyl sites for hydroxylation is 1. The average molecular weight is 255 g/mol. The number of nitrogens with one attached hydrogen (secondary N) is 2. The quantitative estimate of drug-likeness (QED) is 0.730. The third-order valence-electron chi connectivity index (χ3n) is 2.93. The second-order valence-electron chi connectivity index (χ2n) is 4.36. The molecule has 94 valence electrons. The molecule has 1 saturated heterocycles. The van der Waals surface area contributed by atoms with E-state index >= 15 is 0 Å². The molecule has 0 amide bonds. The first kappa shape index (κ1) is 12.3. The van der Waals surface area contributed by atoms with Gasteiger partial charge in [-0.3, -0.25) is 0 Å². The lowest BCUT2D eigenvalue weighted by atomic mass is 10.2. The fourth-order valence-corrected chi connectivity index (χ4v) is 2.82. The van der Waals surface area contributed by atoms with Crippen molar-refractivity contribution < 1.29 is 8.42 Å². The minimum absolute atomic E-state index is 0.188. The van der Waals surface area contributed by atoms with Crippen LogP contribution in [0.25, 0.3) is 0 Å². The summed E-state index contributed by atoms with van der Waals surface area (Å²) in [5.41, 5.74) is 1.47. The lowest BCUT2D eigenvalue weighted by molar-refractivity contribution is 0.597. The zero-order valence-corrected chi connectivity index (χ0v) is 10.5. The molecule has 0 radical (unpaired) electrons. The Kier molecular flexibility index (Phi) is 3.37. The molecule has 1 aliphatic rings. The summed E-state index contributed by atoms with van der Waals surface area (Å²) in [4.78, 5) is 0.188. The van der Waals surface area contributed by atoms with Gasteiger partial charge in [-0.15, -0.1) is 0 Å². The predicted molar refractivity (Wildman–Crippen MR) is 67.4 cm³/mol. The Bertz CT molecular complexity index is 507. The predicted octanol–water partition coefficient (Wildman–Crippen LogP) is 0.416. The molecule has 0 aromatic heterocycles. The Morgan fingerprint density at radius 1 is 1.47 bits per heavy atom. The summed E-state index contributed by atoms with van der Waals surface area (Å²) in [5, 5.41) is 11.7. The van der Waals surface area contributed by atoms with Crippen molar-refractivity contribution in [3.8, 4) is 0 Å². The molecule has 0 saturated carbocycles. The van der Waals surface area contributed by atoms with E-state index in [1.165, 1.54) is 0 Å². The minimum Gasteiger partial charge on any atom is -0.381 e. The highest BCUT2D eigenvalue weighted by Gasteiger charge is 2.16. The van der Waals surface area contributed by atoms with Crippen molar-refractivity contribution in [2.75, 3.05) is 18.4 Å². The maximum absolute atomic E-state index is 11.4. The van der Waals surface area contributed by atoms with E-state index in [-0.39, 0.29) is 4.90 Å². The van der Waals surface area contributed by atoms with Crippen LogP contribution < -0.4 is 15.8 Å². The molecule has 17 heavy (non-hydrogen) atoms. The summed E-state index contributed by atoms with van der Waals surface area (Å²) in [6, 6.07) is 5.60. The van der Waals surface area contributed by atoms with Crippen LogP contribution in [-0.2, 0) is 10.0 Å². The Balaban J connectivity index is 2.24. The van der Waals surface area contributed by atoms with Crippen LogP contribution in [0.4, 0.5) is 5.69 Å². The average Bonchev–Trinajstić information content (AvgIpc) is 2.72. The number of hydrogen-bond donors (Lipinski definition) is 3. The van der Waals surface area contributed by atoms with Gasteiger partial charge in [0.25, 0.3) is 0 Å². The third-order valence-corrected chi connectivity index (χ3v) is 3.98. The summed E-state index contributed by atoms with van der Waals surface area (Å²) >= 11 is 0. The smallest absolute Gasteiger partial charge is 0.238 e. The van der Waals surface area contributed by atoms with Crippen molar-refractivity contribution in [3.63, 3.8) is 0 Å². The molecule has 1 unspecified atom stereocenters. The Hall–Kier alpha value is -1.11. The molecule has 0 bridgehead atoms. The number of nitrogens with two attached hydrogens (primary N) is 1. The molecule has 1 heterocycles. The van der Waals surface area contributed by atoms with Gasteiger partial charge >= 0.3 is 0 Å². The molecule has 1 atom stereocenters. The Morgan fingerprint density at radius 3 is 2.82 bits per heavy atom. The molecule has 1 fully saturated rings. The van der Waals surface area contributed by atoms with E-state index in [0.29, 0.717) is 11.6 Å². The van der Waals surface area contributed by atoms with Crippen molar-refractivity contribution >= 4 is 15.7 Å². The van der Waals surface area contributed by atoms with Crippen LogP contribution in [0.2, 0.25) is 0 Å². The second-order valence-corrected chi connectivity index (χ2v) is 5.89. The van der Waals surface area contributed by atoms with Crippen LogP contribution in [0, 0.1) is 6.92 Å². The number of anilines is 1. The largest absolute Gasteiger partial charge is 0.381 e. The zero-order chi connectivity index (χ0) is 12.5. The van der Waals surface area contributed by atoms with Gasteiger partial charge in [-0.25, -0.2) is 13.6 Å². The van der Waals surface area contributed by atoms with Crippen LogP contribution in [-0.4, -0.2) is 27.5 Å². The standard InChI is InChI=1S/C11H17N3O2S/c1-8-2-3-9(6-11(8)17(12,15)16)14-10-4-5-13-7-10/h2-3,6,10,13-14H,4-5,7H2,1H3,(H2,12,15,16). The monoisotopic (exact) mass is 255 g/mol. The van der Waals surface area contributed by atoms with Crippen LogP contribution in [0.1, 0.15) is 12.0 Å². The van der Waals surface area contributed by atoms with E-state index in [2.05, 4.69) is 10.6 Å². The van der Waals surface area contributed by atoms with Gasteiger partial charge in [0, 0.05) is 18.3 Å². The molecule has 1 aromatic carbocycles. The number of hydrogen-bond acceptors (Lipinski definition) is 4. The van der Waals surface area contributed by atoms with Crippen molar-refractivity contribution in [1.82, 2.24) is 5.32 Å². The summed E-state index contributed by atoms with van der Waals surface area (Å²) in [7, 11) is -3.65. The molecule has 0 spiro atoms. The van der Waals surface area contributed by atoms with Gasteiger partial charge in [0.2, 0.25) is 10.0 Å².